The van der Waals surface area contributed by atoms with Gasteiger partial charge in [0.15, 0.2) is 5.69 Å². The lowest BCUT2D eigenvalue weighted by atomic mass is 10.1. The van der Waals surface area contributed by atoms with Gasteiger partial charge >= 0.3 is 0 Å². The molecular weight excluding hydrogens is 256 g/mol. The minimum Gasteiger partial charge on any atom is -0.395 e. The highest BCUT2D eigenvalue weighted by Crippen LogP contribution is 2.24. The van der Waals surface area contributed by atoms with Gasteiger partial charge in [0.05, 0.1) is 18.0 Å². The molecule has 0 aromatic carbocycles. The van der Waals surface area contributed by atoms with Gasteiger partial charge in [0, 0.05) is 25.6 Å². The Bertz CT molecular complexity index is 464. The van der Waals surface area contributed by atoms with Crippen molar-refractivity contribution >= 4 is 11.6 Å². The van der Waals surface area contributed by atoms with Gasteiger partial charge in [0.2, 0.25) is 0 Å². The number of nitrogens with one attached hydrogen (secondary N) is 1. The van der Waals surface area contributed by atoms with Crippen LogP contribution in [0.4, 0.5) is 5.69 Å². The zero-order valence-electron chi connectivity index (χ0n) is 12.5. The molecule has 2 rings (SSSR count). The molecule has 1 saturated heterocycles. The molecule has 1 amide bonds. The van der Waals surface area contributed by atoms with Gasteiger partial charge in [-0.25, -0.2) is 0 Å². The van der Waals surface area contributed by atoms with Gasteiger partial charge < -0.3 is 15.4 Å². The van der Waals surface area contributed by atoms with Crippen LogP contribution in [0.3, 0.4) is 0 Å². The smallest absolute Gasteiger partial charge is 0.276 e. The number of carbonyl (C=O) groups is 1. The van der Waals surface area contributed by atoms with Crippen LogP contribution in [0.5, 0.6) is 0 Å². The maximum absolute atomic E-state index is 12.5. The molecule has 1 aliphatic heterocycles. The second-order valence-electron chi connectivity index (χ2n) is 5.63. The van der Waals surface area contributed by atoms with Crippen LogP contribution >= 0.6 is 0 Å². The molecule has 0 bridgehead atoms. The monoisotopic (exact) mass is 280 g/mol. The van der Waals surface area contributed by atoms with Crippen molar-refractivity contribution in [2.75, 3.05) is 32.0 Å². The fourth-order valence-corrected chi connectivity index (χ4v) is 2.51. The van der Waals surface area contributed by atoms with Crippen molar-refractivity contribution in [2.24, 2.45) is 5.92 Å². The van der Waals surface area contributed by atoms with Crippen molar-refractivity contribution in [3.05, 3.63) is 11.4 Å². The van der Waals surface area contributed by atoms with Crippen LogP contribution in [-0.2, 0) is 4.74 Å². The predicted molar refractivity (Wildman–Crippen MR) is 77.6 cm³/mol. The zero-order chi connectivity index (χ0) is 14.7. The van der Waals surface area contributed by atoms with E-state index in [0.717, 1.165) is 25.3 Å². The topological polar surface area (TPSA) is 84.2 Å². The molecule has 2 heterocycles. The van der Waals surface area contributed by atoms with Gasteiger partial charge in [-0.2, -0.15) is 5.10 Å². The molecule has 1 aliphatic rings. The Morgan fingerprint density at radius 3 is 2.85 bits per heavy atom. The lowest BCUT2D eigenvalue weighted by Gasteiger charge is -2.23. The van der Waals surface area contributed by atoms with Crippen LogP contribution < -0.4 is 5.73 Å². The molecule has 0 aliphatic carbocycles. The summed E-state index contributed by atoms with van der Waals surface area (Å²) in [6.07, 6.45) is 1.01. The van der Waals surface area contributed by atoms with Crippen LogP contribution in [0.25, 0.3) is 0 Å². The summed E-state index contributed by atoms with van der Waals surface area (Å²) in [4.78, 5) is 14.3. The molecule has 1 atom stereocenters. The Balaban J connectivity index is 2.11. The summed E-state index contributed by atoms with van der Waals surface area (Å²) < 4.78 is 5.36. The summed E-state index contributed by atoms with van der Waals surface area (Å²) in [7, 11) is 0. The molecule has 112 valence electrons. The summed E-state index contributed by atoms with van der Waals surface area (Å²) in [6, 6.07) is 0. The van der Waals surface area contributed by atoms with Crippen LogP contribution in [0.1, 0.15) is 49.3 Å². The normalized spacial score (nSPS) is 18.7. The van der Waals surface area contributed by atoms with Crippen molar-refractivity contribution in [3.63, 3.8) is 0 Å². The van der Waals surface area contributed by atoms with E-state index in [2.05, 4.69) is 10.2 Å². The van der Waals surface area contributed by atoms with Crippen LogP contribution in [0, 0.1) is 5.92 Å². The largest absolute Gasteiger partial charge is 0.395 e. The Hall–Kier alpha value is -1.56. The van der Waals surface area contributed by atoms with Gasteiger partial charge in [0.25, 0.3) is 5.91 Å². The molecule has 0 saturated carbocycles. The van der Waals surface area contributed by atoms with E-state index in [4.69, 9.17) is 10.5 Å². The first-order chi connectivity index (χ1) is 9.54. The standard InChI is InChI=1S/C14H24N4O2/c1-4-18(7-10-5-6-20-8-10)14(19)13-11(15)12(9(2)3)16-17-13/h9-10H,4-8,15H2,1-3H3,(H,16,17). The predicted octanol–water partition coefficient (Wildman–Crippen LogP) is 1.61. The number of amides is 1. The van der Waals surface area contributed by atoms with Gasteiger partial charge in [-0.1, -0.05) is 13.8 Å². The summed E-state index contributed by atoms with van der Waals surface area (Å²) in [5, 5.41) is 6.99. The van der Waals surface area contributed by atoms with Gasteiger partial charge in [-0.15, -0.1) is 0 Å². The maximum Gasteiger partial charge on any atom is 0.276 e. The van der Waals surface area contributed by atoms with E-state index >= 15 is 0 Å². The quantitative estimate of drug-likeness (QED) is 0.858. The number of aromatic amines is 1. The van der Waals surface area contributed by atoms with Crippen LogP contribution in [-0.4, -0.2) is 47.3 Å². The number of nitrogen functional groups attached to an aromatic ring is 1. The summed E-state index contributed by atoms with van der Waals surface area (Å²) in [6.45, 7) is 8.89. The SMILES string of the molecule is CCN(CC1CCOC1)C(=O)c1n[nH]c(C(C)C)c1N. The van der Waals surface area contributed by atoms with Crippen molar-refractivity contribution < 1.29 is 9.53 Å². The number of anilines is 1. The lowest BCUT2D eigenvalue weighted by molar-refractivity contribution is 0.0726. The zero-order valence-corrected chi connectivity index (χ0v) is 12.5. The first kappa shape index (κ1) is 14.8. The van der Waals surface area contributed by atoms with Gasteiger partial charge in [0.1, 0.15) is 0 Å². The van der Waals surface area contributed by atoms with E-state index in [-0.39, 0.29) is 11.8 Å². The highest BCUT2D eigenvalue weighted by Gasteiger charge is 2.26. The number of H-pyrrole nitrogens is 1. The van der Waals surface area contributed by atoms with Crippen LogP contribution in [0.15, 0.2) is 0 Å². The molecule has 1 unspecified atom stereocenters. The molecule has 3 N–H and O–H groups in total. The summed E-state index contributed by atoms with van der Waals surface area (Å²) >= 11 is 0. The molecule has 20 heavy (non-hydrogen) atoms. The van der Waals surface area contributed by atoms with Crippen molar-refractivity contribution in [1.82, 2.24) is 15.1 Å². The number of aromatic nitrogens is 2. The number of hydrogen-bond acceptors (Lipinski definition) is 4. The fraction of sp³-hybridized carbons (Fsp3) is 0.714. The first-order valence-corrected chi connectivity index (χ1v) is 7.25. The average molecular weight is 280 g/mol. The lowest BCUT2D eigenvalue weighted by Crippen LogP contribution is -2.36. The number of nitrogens with two attached hydrogens (primary N) is 1. The van der Waals surface area contributed by atoms with Crippen molar-refractivity contribution in [3.8, 4) is 0 Å². The van der Waals surface area contributed by atoms with E-state index in [1.54, 1.807) is 4.90 Å². The van der Waals surface area contributed by atoms with E-state index in [1.165, 1.54) is 0 Å². The van der Waals surface area contributed by atoms with Crippen molar-refractivity contribution in [1.29, 1.82) is 0 Å². The number of hydrogen-bond donors (Lipinski definition) is 2. The first-order valence-electron chi connectivity index (χ1n) is 7.25. The van der Waals surface area contributed by atoms with E-state index in [9.17, 15) is 4.79 Å². The van der Waals surface area contributed by atoms with Gasteiger partial charge in [-0.05, 0) is 19.3 Å². The molecule has 6 nitrogen and oxygen atoms in total. The summed E-state index contributed by atoms with van der Waals surface area (Å²) in [5.74, 6) is 0.547. The van der Waals surface area contributed by atoms with Crippen LogP contribution in [0.2, 0.25) is 0 Å². The van der Waals surface area contributed by atoms with E-state index in [1.807, 2.05) is 20.8 Å². The maximum atomic E-state index is 12.5. The second-order valence-corrected chi connectivity index (χ2v) is 5.63. The fourth-order valence-electron chi connectivity index (χ4n) is 2.51. The minimum absolute atomic E-state index is 0.0972. The molecular formula is C14H24N4O2. The molecule has 0 spiro atoms. The molecule has 1 aromatic rings. The highest BCUT2D eigenvalue weighted by atomic mass is 16.5. The molecule has 0 radical (unpaired) electrons. The third-order valence-corrected chi connectivity index (χ3v) is 3.78. The highest BCUT2D eigenvalue weighted by molar-refractivity contribution is 5.97. The Morgan fingerprint density at radius 1 is 1.60 bits per heavy atom. The second kappa shape index (κ2) is 6.26. The number of rotatable bonds is 5. The molecule has 6 heteroatoms. The van der Waals surface area contributed by atoms with Crippen molar-refractivity contribution in [2.45, 2.75) is 33.1 Å². The average Bonchev–Trinajstić information content (AvgIpc) is 3.04. The number of ether oxygens (including phenoxy) is 1. The number of carbonyl (C=O) groups excluding carboxylic acids is 1. The Morgan fingerprint density at radius 2 is 2.35 bits per heavy atom. The third kappa shape index (κ3) is 2.95. The Kier molecular flexibility index (Phi) is 4.65. The molecule has 1 fully saturated rings. The van der Waals surface area contributed by atoms with Gasteiger partial charge in [-0.3, -0.25) is 9.89 Å². The minimum atomic E-state index is -0.0972. The Labute approximate surface area is 119 Å². The van der Waals surface area contributed by atoms with E-state index in [0.29, 0.717) is 30.4 Å². The van der Waals surface area contributed by atoms with E-state index < -0.39 is 0 Å². The third-order valence-electron chi connectivity index (χ3n) is 3.78. The molecule has 1 aromatic heterocycles. The summed E-state index contributed by atoms with van der Waals surface area (Å²) in [5.41, 5.74) is 7.69. The number of nitrogens with zero attached hydrogens (tertiary/aromatic N) is 2.